The van der Waals surface area contributed by atoms with Crippen molar-refractivity contribution in [2.75, 3.05) is 19.6 Å². The van der Waals surface area contributed by atoms with Gasteiger partial charge in [-0.25, -0.2) is 0 Å². The first-order valence-corrected chi connectivity index (χ1v) is 8.47. The van der Waals surface area contributed by atoms with E-state index in [1.807, 2.05) is 0 Å². The Morgan fingerprint density at radius 3 is 2.76 bits per heavy atom. The maximum absolute atomic E-state index is 5.90. The summed E-state index contributed by atoms with van der Waals surface area (Å²) in [6, 6.07) is 2.24. The Hall–Kier alpha value is -0.800. The molecule has 1 N–H and O–H groups in total. The number of piperidine rings is 1. The van der Waals surface area contributed by atoms with Gasteiger partial charge in [0.05, 0.1) is 6.54 Å². The molecule has 0 bridgehead atoms. The highest BCUT2D eigenvalue weighted by atomic mass is 16.3. The van der Waals surface area contributed by atoms with E-state index >= 15 is 0 Å². The number of rotatable bonds is 6. The Morgan fingerprint density at radius 1 is 1.33 bits per heavy atom. The van der Waals surface area contributed by atoms with Crippen LogP contribution in [-0.2, 0) is 13.1 Å². The van der Waals surface area contributed by atoms with Crippen molar-refractivity contribution in [3.05, 3.63) is 23.2 Å². The third-order valence-corrected chi connectivity index (χ3v) is 4.74. The van der Waals surface area contributed by atoms with Gasteiger partial charge >= 0.3 is 0 Å². The molecule has 2 atom stereocenters. The fourth-order valence-corrected chi connectivity index (χ4v) is 3.05. The molecule has 2 rings (SSSR count). The third-order valence-electron chi connectivity index (χ3n) is 4.74. The van der Waals surface area contributed by atoms with Crippen molar-refractivity contribution in [2.45, 2.75) is 54.1 Å². The summed E-state index contributed by atoms with van der Waals surface area (Å²) < 4.78 is 5.90. The smallest absolute Gasteiger partial charge is 0.118 e. The second kappa shape index (κ2) is 7.46. The van der Waals surface area contributed by atoms with Gasteiger partial charge in [0.2, 0.25) is 0 Å². The van der Waals surface area contributed by atoms with Gasteiger partial charge in [-0.15, -0.1) is 0 Å². The van der Waals surface area contributed by atoms with Crippen molar-refractivity contribution in [1.82, 2.24) is 10.2 Å². The molecule has 0 amide bonds. The molecular weight excluding hydrogens is 260 g/mol. The van der Waals surface area contributed by atoms with E-state index in [1.54, 1.807) is 0 Å². The summed E-state index contributed by atoms with van der Waals surface area (Å²) in [5.41, 5.74) is 1.36. The van der Waals surface area contributed by atoms with E-state index < -0.39 is 0 Å². The van der Waals surface area contributed by atoms with E-state index in [-0.39, 0.29) is 0 Å². The molecule has 1 aliphatic rings. The summed E-state index contributed by atoms with van der Waals surface area (Å²) >= 11 is 0. The molecule has 2 unspecified atom stereocenters. The minimum Gasteiger partial charge on any atom is -0.465 e. The van der Waals surface area contributed by atoms with Gasteiger partial charge in [-0.2, -0.15) is 0 Å². The fraction of sp³-hybridized carbons (Fsp3) is 0.778. The minimum absolute atomic E-state index is 0.678. The van der Waals surface area contributed by atoms with Crippen molar-refractivity contribution in [2.24, 2.45) is 17.8 Å². The highest BCUT2D eigenvalue weighted by Gasteiger charge is 2.23. The van der Waals surface area contributed by atoms with Crippen LogP contribution in [0.4, 0.5) is 0 Å². The summed E-state index contributed by atoms with van der Waals surface area (Å²) in [5, 5.41) is 3.45. The summed E-state index contributed by atoms with van der Waals surface area (Å²) in [6.45, 7) is 16.7. The number of nitrogens with one attached hydrogen (secondary N) is 1. The fourth-order valence-electron chi connectivity index (χ4n) is 3.05. The maximum Gasteiger partial charge on any atom is 0.118 e. The van der Waals surface area contributed by atoms with Gasteiger partial charge in [-0.1, -0.05) is 27.7 Å². The quantitative estimate of drug-likeness (QED) is 0.864. The molecule has 0 saturated carbocycles. The van der Waals surface area contributed by atoms with Crippen molar-refractivity contribution in [3.63, 3.8) is 0 Å². The molecule has 1 aromatic heterocycles. The van der Waals surface area contributed by atoms with Gasteiger partial charge in [-0.3, -0.25) is 4.90 Å². The van der Waals surface area contributed by atoms with Crippen LogP contribution in [0.25, 0.3) is 0 Å². The van der Waals surface area contributed by atoms with Crippen LogP contribution in [0.3, 0.4) is 0 Å². The number of furan rings is 1. The number of likely N-dealkylation sites (tertiary alicyclic amines) is 1. The molecule has 2 heterocycles. The Labute approximate surface area is 130 Å². The van der Waals surface area contributed by atoms with Gasteiger partial charge in [-0.05, 0) is 50.3 Å². The van der Waals surface area contributed by atoms with Crippen LogP contribution < -0.4 is 5.32 Å². The summed E-state index contributed by atoms with van der Waals surface area (Å²) in [7, 11) is 0. The largest absolute Gasteiger partial charge is 0.465 e. The maximum atomic E-state index is 5.90. The van der Waals surface area contributed by atoms with Gasteiger partial charge in [0.1, 0.15) is 11.5 Å². The van der Waals surface area contributed by atoms with Crippen molar-refractivity contribution < 1.29 is 4.42 Å². The number of hydrogen-bond donors (Lipinski definition) is 1. The highest BCUT2D eigenvalue weighted by molar-refractivity contribution is 5.20. The van der Waals surface area contributed by atoms with Crippen LogP contribution in [0.15, 0.2) is 10.5 Å². The average molecular weight is 292 g/mol. The van der Waals surface area contributed by atoms with Crippen LogP contribution in [-0.4, -0.2) is 24.5 Å². The SMILES string of the molecule is Cc1oc(CNCC(C)C)cc1CN1CCC(C)C(C)C1. The lowest BCUT2D eigenvalue weighted by molar-refractivity contribution is 0.131. The highest BCUT2D eigenvalue weighted by Crippen LogP contribution is 2.25. The van der Waals surface area contributed by atoms with E-state index in [9.17, 15) is 0 Å². The molecule has 1 saturated heterocycles. The Morgan fingerprint density at radius 2 is 2.10 bits per heavy atom. The molecule has 1 aromatic rings. The molecule has 3 heteroatoms. The zero-order valence-corrected chi connectivity index (χ0v) is 14.4. The summed E-state index contributed by atoms with van der Waals surface area (Å²) in [5.74, 6) is 4.50. The second-order valence-corrected chi connectivity index (χ2v) is 7.30. The zero-order valence-electron chi connectivity index (χ0n) is 14.4. The first-order valence-electron chi connectivity index (χ1n) is 8.47. The molecule has 1 fully saturated rings. The van der Waals surface area contributed by atoms with Crippen LogP contribution >= 0.6 is 0 Å². The third kappa shape index (κ3) is 4.86. The average Bonchev–Trinajstić information content (AvgIpc) is 2.74. The Balaban J connectivity index is 1.87. The topological polar surface area (TPSA) is 28.4 Å². The number of hydrogen-bond acceptors (Lipinski definition) is 3. The molecule has 0 spiro atoms. The summed E-state index contributed by atoms with van der Waals surface area (Å²) in [4.78, 5) is 2.58. The van der Waals surface area contributed by atoms with Crippen molar-refractivity contribution >= 4 is 0 Å². The monoisotopic (exact) mass is 292 g/mol. The van der Waals surface area contributed by atoms with E-state index in [0.29, 0.717) is 5.92 Å². The molecular formula is C18H32N2O. The standard InChI is InChI=1S/C18H32N2O/c1-13(2)9-19-10-18-8-17(16(5)21-18)12-20-7-6-14(3)15(4)11-20/h8,13-15,19H,6-7,9-12H2,1-5H3. The summed E-state index contributed by atoms with van der Waals surface area (Å²) in [6.07, 6.45) is 1.32. The van der Waals surface area contributed by atoms with Gasteiger partial charge in [0.15, 0.2) is 0 Å². The lowest BCUT2D eigenvalue weighted by atomic mass is 9.88. The van der Waals surface area contributed by atoms with E-state index in [2.05, 4.69) is 50.9 Å². The molecule has 120 valence electrons. The number of nitrogens with zero attached hydrogens (tertiary/aromatic N) is 1. The minimum atomic E-state index is 0.678. The van der Waals surface area contributed by atoms with Crippen molar-refractivity contribution in [1.29, 1.82) is 0 Å². The Kier molecular flexibility index (Phi) is 5.88. The molecule has 0 aromatic carbocycles. The van der Waals surface area contributed by atoms with Crippen LogP contribution in [0.5, 0.6) is 0 Å². The lowest BCUT2D eigenvalue weighted by Crippen LogP contribution is -2.37. The van der Waals surface area contributed by atoms with Crippen LogP contribution in [0.2, 0.25) is 0 Å². The van der Waals surface area contributed by atoms with Crippen molar-refractivity contribution in [3.8, 4) is 0 Å². The predicted octanol–water partition coefficient (Wildman–Crippen LogP) is 3.81. The molecule has 0 aliphatic carbocycles. The second-order valence-electron chi connectivity index (χ2n) is 7.30. The van der Waals surface area contributed by atoms with Gasteiger partial charge < -0.3 is 9.73 Å². The van der Waals surface area contributed by atoms with Gasteiger partial charge in [0, 0.05) is 18.7 Å². The normalized spacial score (nSPS) is 23.9. The molecule has 21 heavy (non-hydrogen) atoms. The first-order chi connectivity index (χ1) is 9.95. The lowest BCUT2D eigenvalue weighted by Gasteiger charge is -2.35. The van der Waals surface area contributed by atoms with Gasteiger partial charge in [0.25, 0.3) is 0 Å². The molecule has 0 radical (unpaired) electrons. The van der Waals surface area contributed by atoms with Crippen LogP contribution in [0, 0.1) is 24.7 Å². The van der Waals surface area contributed by atoms with Crippen LogP contribution in [0.1, 0.15) is 51.2 Å². The molecule has 1 aliphatic heterocycles. The van der Waals surface area contributed by atoms with E-state index in [4.69, 9.17) is 4.42 Å². The Bertz CT molecular complexity index is 438. The first kappa shape index (κ1) is 16.6. The van der Waals surface area contributed by atoms with E-state index in [1.165, 1.54) is 25.1 Å². The zero-order chi connectivity index (χ0) is 15.4. The predicted molar refractivity (Wildman–Crippen MR) is 88.2 cm³/mol. The van der Waals surface area contributed by atoms with E-state index in [0.717, 1.165) is 43.0 Å². The molecule has 3 nitrogen and oxygen atoms in total. The number of aryl methyl sites for hydroxylation is 1.